The normalized spacial score (nSPS) is 11.7. The molecular formula is C110H210N2O4S+2. The Kier molecular flexibility index (Phi) is 91.0. The van der Waals surface area contributed by atoms with E-state index in [1.165, 1.54) is 587 Å². The van der Waals surface area contributed by atoms with Gasteiger partial charge < -0.3 is 19.2 Å². The van der Waals surface area contributed by atoms with E-state index in [0.29, 0.717) is 9.79 Å². The fourth-order valence-corrected chi connectivity index (χ4v) is 19.5. The third kappa shape index (κ3) is 77.0. The van der Waals surface area contributed by atoms with Gasteiger partial charge in [-0.3, -0.25) is 0 Å². The van der Waals surface area contributed by atoms with Gasteiger partial charge in [0.15, 0.2) is 0 Å². The molecule has 688 valence electrons. The lowest BCUT2D eigenvalue weighted by atomic mass is 10.0. The minimum absolute atomic E-state index is 0.160. The number of benzene rings is 2. The first-order valence-electron chi connectivity index (χ1n) is 53.6. The van der Waals surface area contributed by atoms with Crippen molar-refractivity contribution in [1.29, 1.82) is 0 Å². The number of carbonyl (C=O) groups is 2. The van der Waals surface area contributed by atoms with Gasteiger partial charge in [-0.05, 0) is 127 Å². The number of aromatic carboxylic acids is 2. The molecule has 0 spiro atoms. The summed E-state index contributed by atoms with van der Waals surface area (Å²) >= 11 is 1.14. The summed E-state index contributed by atoms with van der Waals surface area (Å²) in [6, 6.07) is 13.0. The smallest absolute Gasteiger partial charge is 0.336 e. The molecule has 2 aromatic carbocycles. The van der Waals surface area contributed by atoms with E-state index in [2.05, 4.69) is 55.4 Å². The summed E-state index contributed by atoms with van der Waals surface area (Å²) in [4.78, 5) is 23.2. The Morgan fingerprint density at radius 1 is 0.188 bits per heavy atom. The van der Waals surface area contributed by atoms with E-state index in [1.807, 2.05) is 0 Å². The number of nitrogens with zero attached hydrogens (tertiary/aromatic N) is 2. The van der Waals surface area contributed by atoms with Crippen LogP contribution in [0.5, 0.6) is 0 Å². The zero-order chi connectivity index (χ0) is 85.1. The second kappa shape index (κ2) is 92.8. The number of rotatable bonds is 92. The first-order valence-corrected chi connectivity index (χ1v) is 54.4. The molecule has 0 unspecified atom stereocenters. The van der Waals surface area contributed by atoms with Crippen LogP contribution < -0.4 is 0 Å². The van der Waals surface area contributed by atoms with Crippen molar-refractivity contribution >= 4 is 23.7 Å². The Hall–Kier alpha value is -2.35. The van der Waals surface area contributed by atoms with Crippen LogP contribution in [0, 0.1) is 0 Å². The molecule has 6 nitrogen and oxygen atoms in total. The summed E-state index contributed by atoms with van der Waals surface area (Å²) in [6.45, 7) is 30.6. The van der Waals surface area contributed by atoms with Gasteiger partial charge in [-0.1, -0.05) is 502 Å². The van der Waals surface area contributed by atoms with E-state index in [-0.39, 0.29) is 11.1 Å². The average Bonchev–Trinajstić information content (AvgIpc) is 0.839. The van der Waals surface area contributed by atoms with Gasteiger partial charge in [0.25, 0.3) is 0 Å². The van der Waals surface area contributed by atoms with Crippen molar-refractivity contribution in [2.24, 2.45) is 0 Å². The Bertz CT molecular complexity index is 1930. The van der Waals surface area contributed by atoms with Crippen LogP contribution in [0.15, 0.2) is 58.3 Å². The predicted molar refractivity (Wildman–Crippen MR) is 525 cm³/mol. The van der Waals surface area contributed by atoms with Crippen LogP contribution in [0.1, 0.15) is 590 Å². The van der Waals surface area contributed by atoms with Crippen molar-refractivity contribution in [3.63, 3.8) is 0 Å². The van der Waals surface area contributed by atoms with E-state index >= 15 is 0 Å². The molecule has 2 rings (SSSR count). The number of hydrogen-bond donors (Lipinski definition) is 2. The topological polar surface area (TPSA) is 74.6 Å². The van der Waals surface area contributed by atoms with Gasteiger partial charge >= 0.3 is 11.9 Å². The molecule has 0 aliphatic rings. The predicted octanol–water partition coefficient (Wildman–Crippen LogP) is 38.2. The molecule has 0 aliphatic carbocycles. The second-order valence-electron chi connectivity index (χ2n) is 37.6. The van der Waals surface area contributed by atoms with Gasteiger partial charge in [0.05, 0.1) is 63.5 Å². The van der Waals surface area contributed by atoms with Gasteiger partial charge in [-0.2, -0.15) is 0 Å². The lowest BCUT2D eigenvalue weighted by Gasteiger charge is -2.40. The molecule has 0 fully saturated rings. The third-order valence-corrected chi connectivity index (χ3v) is 27.5. The van der Waals surface area contributed by atoms with E-state index in [1.54, 1.807) is 36.4 Å². The first kappa shape index (κ1) is 115. The minimum atomic E-state index is -1.03. The molecule has 0 bridgehead atoms. The molecule has 0 heterocycles. The monoisotopic (exact) mass is 1660 g/mol. The Morgan fingerprint density at radius 2 is 0.299 bits per heavy atom. The number of carboxylic acid groups (broad SMARTS) is 2. The van der Waals surface area contributed by atoms with E-state index in [4.69, 9.17) is 10.2 Å². The lowest BCUT2D eigenvalue weighted by molar-refractivity contribution is -0.929. The van der Waals surface area contributed by atoms with Crippen molar-refractivity contribution < 1.29 is 28.8 Å². The summed E-state index contributed by atoms with van der Waals surface area (Å²) < 4.78 is 2.98. The molecule has 0 atom stereocenters. The third-order valence-electron chi connectivity index (χ3n) is 26.3. The van der Waals surface area contributed by atoms with Crippen molar-refractivity contribution in [3.05, 3.63) is 59.7 Å². The molecule has 2 N–H and O–H groups in total. The highest BCUT2D eigenvalue weighted by Crippen LogP contribution is 2.34. The minimum Gasteiger partial charge on any atom is -0.478 e. The highest BCUT2D eigenvalue weighted by molar-refractivity contribution is 7.99. The van der Waals surface area contributed by atoms with Crippen LogP contribution in [0.3, 0.4) is 0 Å². The number of quaternary nitrogens is 2. The Balaban J connectivity index is 0.00000187. The van der Waals surface area contributed by atoms with Crippen molar-refractivity contribution in [1.82, 2.24) is 0 Å². The number of unbranched alkanes of at least 4 members (excludes halogenated alkanes) is 72. The Labute approximate surface area is 738 Å². The molecule has 0 aliphatic heterocycles. The summed E-state index contributed by atoms with van der Waals surface area (Å²) in [5.41, 5.74) is 0.320. The van der Waals surface area contributed by atoms with Crippen LogP contribution in [-0.2, 0) is 0 Å². The highest BCUT2D eigenvalue weighted by atomic mass is 32.2. The molecule has 0 aromatic heterocycles. The molecule has 0 saturated heterocycles. The van der Waals surface area contributed by atoms with Gasteiger partial charge in [0.2, 0.25) is 0 Å². The van der Waals surface area contributed by atoms with Crippen molar-refractivity contribution in [3.8, 4) is 0 Å². The van der Waals surface area contributed by atoms with Crippen LogP contribution in [0.4, 0.5) is 0 Å². The summed E-state index contributed by atoms with van der Waals surface area (Å²) in [6.07, 6.45) is 117. The fourth-order valence-electron chi connectivity index (χ4n) is 18.4. The van der Waals surface area contributed by atoms with Gasteiger partial charge in [-0.25, -0.2) is 9.59 Å². The molecule has 0 saturated carbocycles. The summed E-state index contributed by atoms with van der Waals surface area (Å²) in [5, 5.41) is 18.2. The first-order chi connectivity index (χ1) is 57.6. The fraction of sp³-hybridized carbons (Fsp3) is 0.873. The molecule has 0 radical (unpaired) electrons. The van der Waals surface area contributed by atoms with Crippen molar-refractivity contribution in [2.75, 3.05) is 52.4 Å². The van der Waals surface area contributed by atoms with Gasteiger partial charge in [-0.15, -0.1) is 0 Å². The molecule has 117 heavy (non-hydrogen) atoms. The Morgan fingerprint density at radius 3 is 0.419 bits per heavy atom. The highest BCUT2D eigenvalue weighted by Gasteiger charge is 2.28. The largest absolute Gasteiger partial charge is 0.478 e. The summed E-state index contributed by atoms with van der Waals surface area (Å²) in [7, 11) is 0. The van der Waals surface area contributed by atoms with Gasteiger partial charge in [0, 0.05) is 9.79 Å². The summed E-state index contributed by atoms with van der Waals surface area (Å²) in [5.74, 6) is -2.06. The van der Waals surface area contributed by atoms with Crippen LogP contribution in [0.2, 0.25) is 0 Å². The molecule has 7 heteroatoms. The van der Waals surface area contributed by atoms with Crippen LogP contribution in [0.25, 0.3) is 0 Å². The molecule has 2 aromatic rings. The molecule has 0 amide bonds. The SMILES string of the molecule is CCCCCCCCCCCC[N+](CCCCCCCCCCCC)(CCCCCCCCCCCC)CCCCCCCCCCCC.CCCCCCCCCCCC[N+](CCCCCCCCCCCC)(CCCCCCCCCCCC)CCCCCCCCCCCC.O=C(O)c1ccccc1Sc1ccccc1C(=O)O. The van der Waals surface area contributed by atoms with Crippen LogP contribution in [-0.4, -0.2) is 83.5 Å². The van der Waals surface area contributed by atoms with E-state index < -0.39 is 11.9 Å². The number of carboxylic acids is 2. The lowest BCUT2D eigenvalue weighted by Crippen LogP contribution is -2.50. The second-order valence-corrected chi connectivity index (χ2v) is 38.7. The standard InChI is InChI=1S/2C48H100N.C14H10O4S/c2*1-5-9-13-17-21-25-29-33-37-41-45-49(46-42-38-34-30-26-22-18-14-10-6-2,47-43-39-35-31-27-23-19-15-11-7-3)48-44-40-36-32-28-24-20-16-12-8-4;15-13(16)9-5-1-3-7-11(9)19-12-8-4-2-6-10(12)14(17)18/h2*5-48H2,1-4H3;1-8H,(H,15,16)(H,17,18)/q2*+1;. The zero-order valence-electron chi connectivity index (χ0n) is 80.9. The maximum atomic E-state index is 11.1. The average molecular weight is 1660 g/mol. The quantitative estimate of drug-likeness (QED) is 0.0510. The zero-order valence-corrected chi connectivity index (χ0v) is 81.7. The maximum absolute atomic E-state index is 11.1. The van der Waals surface area contributed by atoms with Gasteiger partial charge in [0.1, 0.15) is 0 Å². The van der Waals surface area contributed by atoms with Crippen molar-refractivity contribution in [2.45, 2.75) is 579 Å². The van der Waals surface area contributed by atoms with E-state index in [9.17, 15) is 9.59 Å². The van der Waals surface area contributed by atoms with E-state index in [0.717, 1.165) is 11.8 Å². The maximum Gasteiger partial charge on any atom is 0.336 e. The molecular weight excluding hydrogens is 1450 g/mol. The van der Waals surface area contributed by atoms with Crippen LogP contribution >= 0.6 is 11.8 Å². The number of hydrogen-bond acceptors (Lipinski definition) is 3.